The number of rotatable bonds is 6. The SMILES string of the molecule is NC(=O)c1c(F)cccc1NCCc1nc(C(=O)O)cs1. The number of nitrogens with two attached hydrogens (primary N) is 1. The highest BCUT2D eigenvalue weighted by molar-refractivity contribution is 7.09. The van der Waals surface area contributed by atoms with E-state index in [-0.39, 0.29) is 11.3 Å². The number of aromatic nitrogens is 1. The van der Waals surface area contributed by atoms with Gasteiger partial charge >= 0.3 is 5.97 Å². The maximum atomic E-state index is 13.5. The summed E-state index contributed by atoms with van der Waals surface area (Å²) in [4.78, 5) is 25.9. The minimum absolute atomic E-state index is 0.00131. The van der Waals surface area contributed by atoms with Crippen LogP contribution in [0.4, 0.5) is 10.1 Å². The fraction of sp³-hybridized carbons (Fsp3) is 0.154. The largest absolute Gasteiger partial charge is 0.476 e. The number of nitrogens with zero attached hydrogens (tertiary/aromatic N) is 1. The molecule has 1 heterocycles. The van der Waals surface area contributed by atoms with Crippen molar-refractivity contribution in [2.45, 2.75) is 6.42 Å². The van der Waals surface area contributed by atoms with E-state index in [0.717, 1.165) is 6.07 Å². The van der Waals surface area contributed by atoms with Gasteiger partial charge < -0.3 is 16.2 Å². The second-order valence-corrected chi connectivity index (χ2v) is 5.08. The summed E-state index contributed by atoms with van der Waals surface area (Å²) in [7, 11) is 0. The smallest absolute Gasteiger partial charge is 0.355 e. The van der Waals surface area contributed by atoms with Crippen LogP contribution in [0.2, 0.25) is 0 Å². The van der Waals surface area contributed by atoms with Gasteiger partial charge in [0.05, 0.1) is 10.6 Å². The fourth-order valence-corrected chi connectivity index (χ4v) is 2.52. The molecule has 1 amide bonds. The highest BCUT2D eigenvalue weighted by atomic mass is 32.1. The summed E-state index contributed by atoms with van der Waals surface area (Å²) >= 11 is 1.23. The van der Waals surface area contributed by atoms with E-state index < -0.39 is 17.7 Å². The number of carboxylic acids is 1. The van der Waals surface area contributed by atoms with E-state index in [2.05, 4.69) is 10.3 Å². The average Bonchev–Trinajstić information content (AvgIpc) is 2.87. The van der Waals surface area contributed by atoms with Crippen LogP contribution >= 0.6 is 11.3 Å². The van der Waals surface area contributed by atoms with Gasteiger partial charge in [-0.3, -0.25) is 4.79 Å². The number of anilines is 1. The lowest BCUT2D eigenvalue weighted by atomic mass is 10.1. The van der Waals surface area contributed by atoms with Gasteiger partial charge in [-0.25, -0.2) is 14.2 Å². The molecule has 0 spiro atoms. The predicted octanol–water partition coefficient (Wildman–Crippen LogP) is 1.73. The molecule has 0 atom stereocenters. The van der Waals surface area contributed by atoms with Crippen LogP contribution < -0.4 is 11.1 Å². The van der Waals surface area contributed by atoms with Crippen molar-refractivity contribution in [3.63, 3.8) is 0 Å². The standard InChI is InChI=1S/C13H12FN3O3S/c14-7-2-1-3-8(11(7)12(15)18)16-5-4-10-17-9(6-21-10)13(19)20/h1-3,6,16H,4-5H2,(H2,15,18)(H,19,20). The molecule has 110 valence electrons. The number of amides is 1. The topological polar surface area (TPSA) is 105 Å². The van der Waals surface area contributed by atoms with Crippen LogP contribution in [0.15, 0.2) is 23.6 Å². The molecular weight excluding hydrogens is 297 g/mol. The first kappa shape index (κ1) is 14.9. The summed E-state index contributed by atoms with van der Waals surface area (Å²) < 4.78 is 13.5. The molecule has 0 bridgehead atoms. The van der Waals surface area contributed by atoms with Gasteiger partial charge in [0.25, 0.3) is 5.91 Å². The lowest BCUT2D eigenvalue weighted by Gasteiger charge is -2.09. The molecule has 0 saturated carbocycles. The third kappa shape index (κ3) is 3.54. The zero-order chi connectivity index (χ0) is 15.4. The Balaban J connectivity index is 2.02. The first-order valence-electron chi connectivity index (χ1n) is 5.99. The summed E-state index contributed by atoms with van der Waals surface area (Å²) in [6.45, 7) is 0.371. The van der Waals surface area contributed by atoms with Crippen LogP contribution in [-0.2, 0) is 6.42 Å². The van der Waals surface area contributed by atoms with Gasteiger partial charge in [-0.1, -0.05) is 6.07 Å². The van der Waals surface area contributed by atoms with Gasteiger partial charge in [0.1, 0.15) is 5.82 Å². The molecule has 0 aliphatic heterocycles. The molecular formula is C13H12FN3O3S. The number of carbonyl (C=O) groups is 2. The van der Waals surface area contributed by atoms with Crippen molar-refractivity contribution >= 4 is 28.9 Å². The van der Waals surface area contributed by atoms with Crippen LogP contribution in [0.25, 0.3) is 0 Å². The number of benzene rings is 1. The monoisotopic (exact) mass is 309 g/mol. The van der Waals surface area contributed by atoms with Gasteiger partial charge in [-0.15, -0.1) is 11.3 Å². The molecule has 1 aromatic carbocycles. The van der Waals surface area contributed by atoms with Crippen LogP contribution in [0, 0.1) is 5.82 Å². The molecule has 4 N–H and O–H groups in total. The lowest BCUT2D eigenvalue weighted by molar-refractivity contribution is 0.0691. The Bertz CT molecular complexity index is 687. The third-order valence-electron chi connectivity index (χ3n) is 2.69. The second-order valence-electron chi connectivity index (χ2n) is 4.14. The Morgan fingerprint density at radius 3 is 2.81 bits per heavy atom. The van der Waals surface area contributed by atoms with Crippen molar-refractivity contribution in [2.75, 3.05) is 11.9 Å². The summed E-state index contributed by atoms with van der Waals surface area (Å²) in [6, 6.07) is 4.18. The molecule has 2 rings (SSSR count). The Morgan fingerprint density at radius 1 is 1.43 bits per heavy atom. The van der Waals surface area contributed by atoms with Crippen molar-refractivity contribution in [3.05, 3.63) is 45.7 Å². The average molecular weight is 309 g/mol. The maximum Gasteiger partial charge on any atom is 0.355 e. The van der Waals surface area contributed by atoms with E-state index in [1.807, 2.05) is 0 Å². The van der Waals surface area contributed by atoms with E-state index in [9.17, 15) is 14.0 Å². The molecule has 21 heavy (non-hydrogen) atoms. The van der Waals surface area contributed by atoms with E-state index in [1.165, 1.54) is 22.8 Å². The Morgan fingerprint density at radius 2 is 2.19 bits per heavy atom. The normalized spacial score (nSPS) is 10.3. The number of primary amides is 1. The number of halogens is 1. The summed E-state index contributed by atoms with van der Waals surface area (Å²) in [5, 5.41) is 13.8. The maximum absolute atomic E-state index is 13.5. The Hall–Kier alpha value is -2.48. The van der Waals surface area contributed by atoms with Crippen LogP contribution in [-0.4, -0.2) is 28.5 Å². The molecule has 0 aliphatic carbocycles. The Labute approximate surface area is 123 Å². The summed E-state index contributed by atoms with van der Waals surface area (Å²) in [6.07, 6.45) is 0.451. The van der Waals surface area contributed by atoms with Crippen LogP contribution in [0.1, 0.15) is 25.9 Å². The fourth-order valence-electron chi connectivity index (χ4n) is 1.75. The zero-order valence-electron chi connectivity index (χ0n) is 10.8. The lowest BCUT2D eigenvalue weighted by Crippen LogP contribution is -2.17. The van der Waals surface area contributed by atoms with Crippen molar-refractivity contribution < 1.29 is 19.1 Å². The molecule has 0 unspecified atom stereocenters. The zero-order valence-corrected chi connectivity index (χ0v) is 11.6. The van der Waals surface area contributed by atoms with Crippen molar-refractivity contribution in [3.8, 4) is 0 Å². The minimum Gasteiger partial charge on any atom is -0.476 e. The molecule has 0 radical (unpaired) electrons. The highest BCUT2D eigenvalue weighted by Crippen LogP contribution is 2.18. The van der Waals surface area contributed by atoms with Gasteiger partial charge in [-0.05, 0) is 12.1 Å². The highest BCUT2D eigenvalue weighted by Gasteiger charge is 2.14. The van der Waals surface area contributed by atoms with Crippen LogP contribution in [0.5, 0.6) is 0 Å². The number of hydrogen-bond acceptors (Lipinski definition) is 5. The minimum atomic E-state index is -1.08. The van der Waals surface area contributed by atoms with Gasteiger partial charge in [0, 0.05) is 24.0 Å². The first-order valence-corrected chi connectivity index (χ1v) is 6.87. The quantitative estimate of drug-likeness (QED) is 0.753. The van der Waals surface area contributed by atoms with Gasteiger partial charge in [0.15, 0.2) is 5.69 Å². The van der Waals surface area contributed by atoms with Crippen molar-refractivity contribution in [2.24, 2.45) is 5.73 Å². The summed E-state index contributed by atoms with van der Waals surface area (Å²) in [5.74, 6) is -2.61. The molecule has 0 fully saturated rings. The number of carboxylic acid groups (broad SMARTS) is 1. The number of nitrogens with one attached hydrogen (secondary N) is 1. The van der Waals surface area contributed by atoms with Crippen molar-refractivity contribution in [1.29, 1.82) is 0 Å². The molecule has 0 aliphatic rings. The molecule has 1 aromatic heterocycles. The van der Waals surface area contributed by atoms with E-state index in [0.29, 0.717) is 23.7 Å². The molecule has 8 heteroatoms. The molecule has 0 saturated heterocycles. The molecule has 6 nitrogen and oxygen atoms in total. The second kappa shape index (κ2) is 6.31. The van der Waals surface area contributed by atoms with E-state index in [4.69, 9.17) is 10.8 Å². The number of carbonyl (C=O) groups excluding carboxylic acids is 1. The van der Waals surface area contributed by atoms with Crippen LogP contribution in [0.3, 0.4) is 0 Å². The Kier molecular flexibility index (Phi) is 4.49. The number of thiazole rings is 1. The number of aromatic carboxylic acids is 1. The summed E-state index contributed by atoms with van der Waals surface area (Å²) in [5.41, 5.74) is 5.25. The third-order valence-corrected chi connectivity index (χ3v) is 3.59. The van der Waals surface area contributed by atoms with Gasteiger partial charge in [0.2, 0.25) is 0 Å². The van der Waals surface area contributed by atoms with E-state index in [1.54, 1.807) is 6.07 Å². The predicted molar refractivity (Wildman–Crippen MR) is 76.2 cm³/mol. The first-order chi connectivity index (χ1) is 9.99. The molecule has 2 aromatic rings. The number of hydrogen-bond donors (Lipinski definition) is 3. The van der Waals surface area contributed by atoms with Crippen molar-refractivity contribution in [1.82, 2.24) is 4.98 Å². The van der Waals surface area contributed by atoms with E-state index >= 15 is 0 Å². The van der Waals surface area contributed by atoms with Gasteiger partial charge in [-0.2, -0.15) is 0 Å².